The Morgan fingerprint density at radius 2 is 2.07 bits per heavy atom. The largest absolute Gasteiger partial charge is 0.335 e. The number of carbonyl (C=O) groups excluding carboxylic acids is 1. The summed E-state index contributed by atoms with van der Waals surface area (Å²) in [5, 5.41) is 11.2. The molecule has 7 heteroatoms. The molecule has 2 heterocycles. The summed E-state index contributed by atoms with van der Waals surface area (Å²) in [5.41, 5.74) is 3.34. The van der Waals surface area contributed by atoms with Gasteiger partial charge in [0.15, 0.2) is 5.65 Å². The highest BCUT2D eigenvalue weighted by molar-refractivity contribution is 6.31. The summed E-state index contributed by atoms with van der Waals surface area (Å²) in [7, 11) is 0. The summed E-state index contributed by atoms with van der Waals surface area (Å²) in [6.07, 6.45) is 7.82. The van der Waals surface area contributed by atoms with Crippen molar-refractivity contribution < 1.29 is 4.79 Å². The van der Waals surface area contributed by atoms with E-state index in [0.717, 1.165) is 48.2 Å². The standard InChI is InChI=1S/C20H22ClN5O/c1-13-6-4-9-15(21)18(13)19(25-20(27)24-14-7-2-3-8-14)16-12-22-17-10-5-11-23-26(16)17/h4-6,9-12,14,19H,2-3,7-8H2,1H3,(H2,24,25,27). The number of aromatic nitrogens is 3. The van der Waals surface area contributed by atoms with Crippen LogP contribution >= 0.6 is 11.6 Å². The van der Waals surface area contributed by atoms with Crippen LogP contribution in [0.4, 0.5) is 4.79 Å². The van der Waals surface area contributed by atoms with Gasteiger partial charge in [-0.2, -0.15) is 5.10 Å². The summed E-state index contributed by atoms with van der Waals surface area (Å²) < 4.78 is 1.74. The number of aryl methyl sites for hydroxylation is 1. The molecule has 2 aromatic heterocycles. The summed E-state index contributed by atoms with van der Waals surface area (Å²) in [6, 6.07) is 9.03. The average Bonchev–Trinajstić information content (AvgIpc) is 3.30. The second kappa shape index (κ2) is 7.56. The van der Waals surface area contributed by atoms with Crippen molar-refractivity contribution in [1.29, 1.82) is 0 Å². The summed E-state index contributed by atoms with van der Waals surface area (Å²) >= 11 is 6.52. The normalized spacial score (nSPS) is 15.8. The zero-order valence-corrected chi connectivity index (χ0v) is 15.9. The molecule has 1 aromatic carbocycles. The van der Waals surface area contributed by atoms with E-state index in [2.05, 4.69) is 20.7 Å². The van der Waals surface area contributed by atoms with Gasteiger partial charge in [0, 0.05) is 22.8 Å². The first-order chi connectivity index (χ1) is 13.1. The van der Waals surface area contributed by atoms with Gasteiger partial charge in [-0.25, -0.2) is 14.3 Å². The number of imidazole rings is 1. The van der Waals surface area contributed by atoms with E-state index in [9.17, 15) is 4.79 Å². The predicted molar refractivity (Wildman–Crippen MR) is 105 cm³/mol. The van der Waals surface area contributed by atoms with E-state index >= 15 is 0 Å². The van der Waals surface area contributed by atoms with Crippen LogP contribution in [-0.4, -0.2) is 26.7 Å². The molecule has 1 aliphatic carbocycles. The molecule has 1 fully saturated rings. The van der Waals surface area contributed by atoms with Crippen LogP contribution in [0.5, 0.6) is 0 Å². The van der Waals surface area contributed by atoms with Crippen molar-refractivity contribution in [2.75, 3.05) is 0 Å². The lowest BCUT2D eigenvalue weighted by Gasteiger charge is -2.23. The Morgan fingerprint density at radius 3 is 2.85 bits per heavy atom. The van der Waals surface area contributed by atoms with E-state index in [0.29, 0.717) is 5.02 Å². The van der Waals surface area contributed by atoms with Crippen LogP contribution in [0, 0.1) is 6.92 Å². The molecule has 27 heavy (non-hydrogen) atoms. The molecule has 2 amide bonds. The molecular formula is C20H22ClN5O. The van der Waals surface area contributed by atoms with Crippen molar-refractivity contribution >= 4 is 23.3 Å². The van der Waals surface area contributed by atoms with Crippen molar-refractivity contribution in [3.05, 3.63) is 64.6 Å². The fraction of sp³-hybridized carbons (Fsp3) is 0.350. The Labute approximate surface area is 162 Å². The van der Waals surface area contributed by atoms with Gasteiger partial charge >= 0.3 is 6.03 Å². The van der Waals surface area contributed by atoms with Gasteiger partial charge in [0.05, 0.1) is 11.9 Å². The number of hydrogen-bond donors (Lipinski definition) is 2. The molecule has 1 aliphatic rings. The number of carbonyl (C=O) groups is 1. The van der Waals surface area contributed by atoms with E-state index in [1.165, 1.54) is 0 Å². The minimum absolute atomic E-state index is 0.197. The van der Waals surface area contributed by atoms with E-state index in [1.54, 1.807) is 16.9 Å². The lowest BCUT2D eigenvalue weighted by Crippen LogP contribution is -2.43. The maximum absolute atomic E-state index is 12.7. The lowest BCUT2D eigenvalue weighted by atomic mass is 9.99. The van der Waals surface area contributed by atoms with Gasteiger partial charge in [-0.05, 0) is 43.5 Å². The molecule has 2 N–H and O–H groups in total. The van der Waals surface area contributed by atoms with Gasteiger partial charge in [-0.15, -0.1) is 0 Å². The van der Waals surface area contributed by atoms with Crippen molar-refractivity contribution in [2.24, 2.45) is 0 Å². The number of nitrogens with one attached hydrogen (secondary N) is 2. The summed E-state index contributed by atoms with van der Waals surface area (Å²) in [5.74, 6) is 0. The fourth-order valence-corrected chi connectivity index (χ4v) is 4.11. The highest BCUT2D eigenvalue weighted by atomic mass is 35.5. The van der Waals surface area contributed by atoms with Gasteiger partial charge in [-0.3, -0.25) is 0 Å². The van der Waals surface area contributed by atoms with Crippen LogP contribution in [0.25, 0.3) is 5.65 Å². The maximum atomic E-state index is 12.7. The predicted octanol–water partition coefficient (Wildman–Crippen LogP) is 4.02. The smallest absolute Gasteiger partial charge is 0.315 e. The number of amides is 2. The van der Waals surface area contributed by atoms with Crippen LogP contribution in [0.2, 0.25) is 5.02 Å². The lowest BCUT2D eigenvalue weighted by molar-refractivity contribution is 0.234. The molecule has 1 unspecified atom stereocenters. The molecular weight excluding hydrogens is 362 g/mol. The molecule has 140 valence electrons. The molecule has 3 aromatic rings. The van der Waals surface area contributed by atoms with Gasteiger partial charge < -0.3 is 10.6 Å². The second-order valence-corrected chi connectivity index (χ2v) is 7.39. The third-order valence-electron chi connectivity index (χ3n) is 5.13. The first-order valence-corrected chi connectivity index (χ1v) is 9.62. The first kappa shape index (κ1) is 17.8. The third kappa shape index (κ3) is 3.62. The zero-order valence-electron chi connectivity index (χ0n) is 15.2. The van der Waals surface area contributed by atoms with E-state index < -0.39 is 6.04 Å². The minimum atomic E-state index is -0.454. The molecule has 0 spiro atoms. The molecule has 4 rings (SSSR count). The van der Waals surface area contributed by atoms with E-state index in [-0.39, 0.29) is 12.1 Å². The average molecular weight is 384 g/mol. The highest BCUT2D eigenvalue weighted by Crippen LogP contribution is 2.31. The number of benzene rings is 1. The Balaban J connectivity index is 1.72. The van der Waals surface area contributed by atoms with Crippen molar-refractivity contribution in [2.45, 2.75) is 44.7 Å². The van der Waals surface area contributed by atoms with E-state index in [1.807, 2.05) is 37.3 Å². The Bertz CT molecular complexity index is 944. The highest BCUT2D eigenvalue weighted by Gasteiger charge is 2.26. The molecule has 6 nitrogen and oxygen atoms in total. The van der Waals surface area contributed by atoms with E-state index in [4.69, 9.17) is 11.6 Å². The Kier molecular flexibility index (Phi) is 4.99. The summed E-state index contributed by atoms with van der Waals surface area (Å²) in [4.78, 5) is 17.1. The number of fused-ring (bicyclic) bond motifs is 1. The molecule has 0 radical (unpaired) electrons. The van der Waals surface area contributed by atoms with Crippen LogP contribution < -0.4 is 10.6 Å². The summed E-state index contributed by atoms with van der Waals surface area (Å²) in [6.45, 7) is 1.99. The number of rotatable bonds is 4. The monoisotopic (exact) mass is 383 g/mol. The van der Waals surface area contributed by atoms with Crippen LogP contribution in [-0.2, 0) is 0 Å². The van der Waals surface area contributed by atoms with Crippen molar-refractivity contribution in [3.8, 4) is 0 Å². The van der Waals surface area contributed by atoms with Crippen LogP contribution in [0.3, 0.4) is 0 Å². The van der Waals surface area contributed by atoms with Gasteiger partial charge in [-0.1, -0.05) is 36.6 Å². The topological polar surface area (TPSA) is 71.3 Å². The first-order valence-electron chi connectivity index (χ1n) is 9.24. The number of hydrogen-bond acceptors (Lipinski definition) is 3. The van der Waals surface area contributed by atoms with Crippen LogP contribution in [0.15, 0.2) is 42.7 Å². The molecule has 0 aliphatic heterocycles. The van der Waals surface area contributed by atoms with Crippen molar-refractivity contribution in [1.82, 2.24) is 25.2 Å². The quantitative estimate of drug-likeness (QED) is 0.714. The number of nitrogens with zero attached hydrogens (tertiary/aromatic N) is 3. The number of halogens is 1. The van der Waals surface area contributed by atoms with Gasteiger partial charge in [0.2, 0.25) is 0 Å². The molecule has 0 saturated heterocycles. The SMILES string of the molecule is Cc1cccc(Cl)c1C(NC(=O)NC1CCCC1)c1cnc2cccnn12. The maximum Gasteiger partial charge on any atom is 0.315 e. The second-order valence-electron chi connectivity index (χ2n) is 6.98. The van der Waals surface area contributed by atoms with Gasteiger partial charge in [0.25, 0.3) is 0 Å². The third-order valence-corrected chi connectivity index (χ3v) is 5.45. The molecule has 0 bridgehead atoms. The fourth-order valence-electron chi connectivity index (χ4n) is 3.78. The minimum Gasteiger partial charge on any atom is -0.335 e. The molecule has 1 saturated carbocycles. The molecule has 1 atom stereocenters. The van der Waals surface area contributed by atoms with Gasteiger partial charge in [0.1, 0.15) is 6.04 Å². The van der Waals surface area contributed by atoms with Crippen LogP contribution in [0.1, 0.15) is 48.5 Å². The van der Waals surface area contributed by atoms with Crippen molar-refractivity contribution in [3.63, 3.8) is 0 Å². The Morgan fingerprint density at radius 1 is 1.26 bits per heavy atom. The Hall–Kier alpha value is -2.60. The zero-order chi connectivity index (χ0) is 18.8. The number of urea groups is 1.